The molecule has 2 aromatic rings. The van der Waals surface area contributed by atoms with Gasteiger partial charge in [-0.25, -0.2) is 9.97 Å². The first kappa shape index (κ1) is 9.16. The largest absolute Gasteiger partial charge is 0.234 e. The molecule has 0 N–H and O–H groups in total. The molecule has 1 heterocycles. The first-order valence-electron chi connectivity index (χ1n) is 4.27. The van der Waals surface area contributed by atoms with Crippen molar-refractivity contribution in [2.75, 3.05) is 0 Å². The van der Waals surface area contributed by atoms with Gasteiger partial charge in [-0.15, -0.1) is 0 Å². The molecule has 0 atom stereocenters. The predicted molar refractivity (Wildman–Crippen MR) is 55.1 cm³/mol. The van der Waals surface area contributed by atoms with Gasteiger partial charge in [0.05, 0.1) is 0 Å². The number of hydrogen-bond donors (Lipinski definition) is 0. The minimum absolute atomic E-state index is 0.753. The molecule has 3 heteroatoms. The van der Waals surface area contributed by atoms with Gasteiger partial charge in [-0.1, -0.05) is 23.7 Å². The van der Waals surface area contributed by atoms with Crippen molar-refractivity contribution in [2.24, 2.45) is 0 Å². The second-order valence-electron chi connectivity index (χ2n) is 2.95. The molecule has 0 saturated carbocycles. The zero-order valence-electron chi connectivity index (χ0n) is 7.44. The fourth-order valence-electron chi connectivity index (χ4n) is 1.20. The van der Waals surface area contributed by atoms with Crippen LogP contribution in [0.2, 0.25) is 5.02 Å². The zero-order valence-corrected chi connectivity index (χ0v) is 8.20. The Hall–Kier alpha value is -1.41. The SMILES string of the molecule is Clc1ccc(Cc2ccn[c]n2)cc1. The Morgan fingerprint density at radius 1 is 1.14 bits per heavy atom. The molecule has 0 unspecified atom stereocenters. The Morgan fingerprint density at radius 2 is 1.93 bits per heavy atom. The first-order valence-corrected chi connectivity index (χ1v) is 4.65. The van der Waals surface area contributed by atoms with Crippen molar-refractivity contribution in [2.45, 2.75) is 6.42 Å². The molecule has 0 fully saturated rings. The standard InChI is InChI=1S/C11H8ClN2/c12-10-3-1-9(2-4-10)7-11-5-6-13-8-14-11/h1-6H,7H2. The zero-order chi connectivity index (χ0) is 9.80. The molecule has 69 valence electrons. The summed E-state index contributed by atoms with van der Waals surface area (Å²) < 4.78 is 0. The number of rotatable bonds is 2. The quantitative estimate of drug-likeness (QED) is 0.750. The van der Waals surface area contributed by atoms with Gasteiger partial charge in [-0.2, -0.15) is 0 Å². The molecule has 0 bridgehead atoms. The van der Waals surface area contributed by atoms with Crippen molar-refractivity contribution in [1.29, 1.82) is 0 Å². The third-order valence-electron chi connectivity index (χ3n) is 1.89. The van der Waals surface area contributed by atoms with Crippen molar-refractivity contribution in [3.05, 3.63) is 59.1 Å². The van der Waals surface area contributed by atoms with Crippen LogP contribution in [0.15, 0.2) is 36.5 Å². The number of halogens is 1. The van der Waals surface area contributed by atoms with Gasteiger partial charge in [0.15, 0.2) is 6.33 Å². The third-order valence-corrected chi connectivity index (χ3v) is 2.14. The van der Waals surface area contributed by atoms with Crippen LogP contribution < -0.4 is 0 Å². The first-order chi connectivity index (χ1) is 6.84. The molecule has 0 aliphatic rings. The Kier molecular flexibility index (Phi) is 2.75. The van der Waals surface area contributed by atoms with Gasteiger partial charge in [0, 0.05) is 23.3 Å². The van der Waals surface area contributed by atoms with Gasteiger partial charge in [0.2, 0.25) is 0 Å². The molecule has 0 saturated heterocycles. The Balaban J connectivity index is 2.16. The molecule has 1 aromatic carbocycles. The van der Waals surface area contributed by atoms with Gasteiger partial charge >= 0.3 is 0 Å². The van der Waals surface area contributed by atoms with Crippen LogP contribution >= 0.6 is 11.6 Å². The lowest BCUT2D eigenvalue weighted by atomic mass is 10.1. The van der Waals surface area contributed by atoms with Gasteiger partial charge in [0.1, 0.15) is 0 Å². The highest BCUT2D eigenvalue weighted by atomic mass is 35.5. The minimum atomic E-state index is 0.753. The second-order valence-corrected chi connectivity index (χ2v) is 3.39. The van der Waals surface area contributed by atoms with Crippen molar-refractivity contribution >= 4 is 11.6 Å². The highest BCUT2D eigenvalue weighted by Crippen LogP contribution is 2.11. The summed E-state index contributed by atoms with van der Waals surface area (Å²) in [6.45, 7) is 0. The van der Waals surface area contributed by atoms with Crippen molar-refractivity contribution in [3.8, 4) is 0 Å². The van der Waals surface area contributed by atoms with E-state index in [0.29, 0.717) is 0 Å². The van der Waals surface area contributed by atoms with Gasteiger partial charge in [-0.05, 0) is 23.8 Å². The predicted octanol–water partition coefficient (Wildman–Crippen LogP) is 2.52. The van der Waals surface area contributed by atoms with Crippen LogP contribution in [-0.4, -0.2) is 9.97 Å². The van der Waals surface area contributed by atoms with E-state index in [0.717, 1.165) is 17.1 Å². The Morgan fingerprint density at radius 3 is 2.57 bits per heavy atom. The van der Waals surface area contributed by atoms with Crippen molar-refractivity contribution < 1.29 is 0 Å². The van der Waals surface area contributed by atoms with Crippen molar-refractivity contribution in [3.63, 3.8) is 0 Å². The highest BCUT2D eigenvalue weighted by molar-refractivity contribution is 6.30. The summed E-state index contributed by atoms with van der Waals surface area (Å²) in [6, 6.07) is 9.61. The Bertz CT molecular complexity index is 397. The van der Waals surface area contributed by atoms with E-state index in [2.05, 4.69) is 16.3 Å². The van der Waals surface area contributed by atoms with Crippen molar-refractivity contribution in [1.82, 2.24) is 9.97 Å². The van der Waals surface area contributed by atoms with Crippen LogP contribution in [-0.2, 0) is 6.42 Å². The molecule has 0 aliphatic carbocycles. The van der Waals surface area contributed by atoms with Crippen LogP contribution in [0, 0.1) is 6.33 Å². The molecule has 1 radical (unpaired) electrons. The topological polar surface area (TPSA) is 25.8 Å². The maximum absolute atomic E-state index is 5.78. The maximum Gasteiger partial charge on any atom is 0.197 e. The number of aromatic nitrogens is 2. The Labute approximate surface area is 87.6 Å². The van der Waals surface area contributed by atoms with E-state index < -0.39 is 0 Å². The molecular formula is C11H8ClN2. The average Bonchev–Trinajstić information content (AvgIpc) is 2.23. The molecular weight excluding hydrogens is 196 g/mol. The lowest BCUT2D eigenvalue weighted by molar-refractivity contribution is 1.02. The monoisotopic (exact) mass is 203 g/mol. The molecule has 1 aromatic heterocycles. The second kappa shape index (κ2) is 4.20. The van der Waals surface area contributed by atoms with Gasteiger partial charge in [-0.3, -0.25) is 0 Å². The molecule has 2 nitrogen and oxygen atoms in total. The summed E-state index contributed by atoms with van der Waals surface area (Å²) in [5, 5.41) is 0.753. The van der Waals surface area contributed by atoms with E-state index in [4.69, 9.17) is 11.6 Å². The highest BCUT2D eigenvalue weighted by Gasteiger charge is 1.96. The van der Waals surface area contributed by atoms with E-state index in [9.17, 15) is 0 Å². The maximum atomic E-state index is 5.78. The summed E-state index contributed by atoms with van der Waals surface area (Å²) in [5.41, 5.74) is 2.14. The molecule has 14 heavy (non-hydrogen) atoms. The van der Waals surface area contributed by atoms with E-state index >= 15 is 0 Å². The van der Waals surface area contributed by atoms with Crippen LogP contribution in [0.4, 0.5) is 0 Å². The van der Waals surface area contributed by atoms with Gasteiger partial charge < -0.3 is 0 Å². The number of benzene rings is 1. The summed E-state index contributed by atoms with van der Waals surface area (Å²) >= 11 is 5.78. The summed E-state index contributed by atoms with van der Waals surface area (Å²) in [4.78, 5) is 7.77. The lowest BCUT2D eigenvalue weighted by Crippen LogP contribution is -1.91. The molecule has 0 aliphatic heterocycles. The summed E-state index contributed by atoms with van der Waals surface area (Å²) in [5.74, 6) is 0. The summed E-state index contributed by atoms with van der Waals surface area (Å²) in [6.07, 6.45) is 5.05. The van der Waals surface area contributed by atoms with Crippen LogP contribution in [0.25, 0.3) is 0 Å². The third kappa shape index (κ3) is 2.30. The fourth-order valence-corrected chi connectivity index (χ4v) is 1.32. The van der Waals surface area contributed by atoms with Crippen LogP contribution in [0.1, 0.15) is 11.3 Å². The van der Waals surface area contributed by atoms with E-state index in [1.165, 1.54) is 5.56 Å². The molecule has 2 rings (SSSR count). The van der Waals surface area contributed by atoms with E-state index in [1.54, 1.807) is 6.20 Å². The lowest BCUT2D eigenvalue weighted by Gasteiger charge is -1.99. The van der Waals surface area contributed by atoms with Gasteiger partial charge in [0.25, 0.3) is 0 Å². The molecule has 0 spiro atoms. The fraction of sp³-hybridized carbons (Fsp3) is 0.0909. The average molecular weight is 204 g/mol. The number of hydrogen-bond acceptors (Lipinski definition) is 2. The minimum Gasteiger partial charge on any atom is -0.234 e. The van der Waals surface area contributed by atoms with Crippen LogP contribution in [0.5, 0.6) is 0 Å². The smallest absolute Gasteiger partial charge is 0.197 e. The molecule has 0 amide bonds. The van der Waals surface area contributed by atoms with Crippen LogP contribution in [0.3, 0.4) is 0 Å². The summed E-state index contributed by atoms with van der Waals surface area (Å²) in [7, 11) is 0. The van der Waals surface area contributed by atoms with E-state index in [1.807, 2.05) is 30.3 Å². The van der Waals surface area contributed by atoms with E-state index in [-0.39, 0.29) is 0 Å². The number of nitrogens with zero attached hydrogens (tertiary/aromatic N) is 2. The normalized spacial score (nSPS) is 10.1.